The third kappa shape index (κ3) is 6.61. The second kappa shape index (κ2) is 13.4. The molecule has 2 nitrogen and oxygen atoms in total. The van der Waals surface area contributed by atoms with Gasteiger partial charge in [-0.2, -0.15) is 0 Å². The molecule has 9 rings (SSSR count). The van der Waals surface area contributed by atoms with Crippen molar-refractivity contribution in [2.45, 2.75) is 105 Å². The molecule has 0 radical (unpaired) electrons. The van der Waals surface area contributed by atoms with Crippen molar-refractivity contribution in [3.05, 3.63) is 154 Å². The molecule has 0 aliphatic rings. The van der Waals surface area contributed by atoms with E-state index in [0.717, 1.165) is 15.8 Å². The lowest BCUT2D eigenvalue weighted by atomic mass is 9.85. The standard InChI is InChI=1S/C56H57BrN2/c1-53(2,3)35-20-24-47-41(28-35)42-29-36(54(4,5)6)21-25-48(42)58(47)51-33-52(46(57)32-45(51)40-19-15-17-34-16-13-14-18-39(34)40)59-49-26-22-37(55(7,8)9)30-43(49)44-31-38(56(10,11)12)23-27-50(44)59/h13-33H,1-12H3. The summed E-state index contributed by atoms with van der Waals surface area (Å²) in [6.07, 6.45) is 0. The monoisotopic (exact) mass is 836 g/mol. The molecule has 3 heteroatoms. The second-order valence-electron chi connectivity index (χ2n) is 20.9. The van der Waals surface area contributed by atoms with Crippen molar-refractivity contribution in [2.75, 3.05) is 0 Å². The fourth-order valence-electron chi connectivity index (χ4n) is 9.01. The maximum absolute atomic E-state index is 4.22. The first kappa shape index (κ1) is 39.3. The van der Waals surface area contributed by atoms with Gasteiger partial charge < -0.3 is 9.13 Å². The lowest BCUT2D eigenvalue weighted by molar-refractivity contribution is 0.590. The lowest BCUT2D eigenvalue weighted by Gasteiger charge is -2.22. The van der Waals surface area contributed by atoms with Crippen molar-refractivity contribution in [2.24, 2.45) is 0 Å². The summed E-state index contributed by atoms with van der Waals surface area (Å²) in [6.45, 7) is 27.7. The predicted octanol–water partition coefficient (Wildman–Crippen LogP) is 16.7. The quantitative estimate of drug-likeness (QED) is 0.168. The molecule has 9 aromatic rings. The number of nitrogens with zero attached hydrogens (tertiary/aromatic N) is 2. The molecule has 0 spiro atoms. The first-order valence-corrected chi connectivity index (χ1v) is 22.0. The Hall–Kier alpha value is -5.12. The van der Waals surface area contributed by atoms with Gasteiger partial charge in [-0.1, -0.05) is 150 Å². The van der Waals surface area contributed by atoms with Gasteiger partial charge in [0.05, 0.1) is 33.4 Å². The number of benzene rings is 7. The lowest BCUT2D eigenvalue weighted by Crippen LogP contribution is -2.10. The molecule has 0 aliphatic carbocycles. The van der Waals surface area contributed by atoms with E-state index in [0.29, 0.717) is 0 Å². The van der Waals surface area contributed by atoms with Gasteiger partial charge in [-0.15, -0.1) is 0 Å². The molecule has 0 unspecified atom stereocenters. The molecule has 0 bridgehead atoms. The van der Waals surface area contributed by atoms with Crippen molar-refractivity contribution in [3.8, 4) is 22.5 Å². The Morgan fingerprint density at radius 2 is 0.712 bits per heavy atom. The van der Waals surface area contributed by atoms with Gasteiger partial charge >= 0.3 is 0 Å². The van der Waals surface area contributed by atoms with Crippen LogP contribution in [0.3, 0.4) is 0 Å². The zero-order valence-corrected chi connectivity index (χ0v) is 38.5. The minimum atomic E-state index is 0.0133. The van der Waals surface area contributed by atoms with E-state index in [1.165, 1.54) is 87.8 Å². The Morgan fingerprint density at radius 3 is 1.12 bits per heavy atom. The average molecular weight is 838 g/mol. The Bertz CT molecular complexity index is 2990. The zero-order valence-electron chi connectivity index (χ0n) is 36.9. The molecule has 2 aromatic heterocycles. The van der Waals surface area contributed by atoms with Crippen LogP contribution in [-0.4, -0.2) is 9.13 Å². The molecule has 59 heavy (non-hydrogen) atoms. The molecule has 0 saturated carbocycles. The number of hydrogen-bond acceptors (Lipinski definition) is 0. The predicted molar refractivity (Wildman–Crippen MR) is 261 cm³/mol. The summed E-state index contributed by atoms with van der Waals surface area (Å²) >= 11 is 4.22. The van der Waals surface area contributed by atoms with Gasteiger partial charge in [-0.3, -0.25) is 0 Å². The number of fused-ring (bicyclic) bond motifs is 7. The van der Waals surface area contributed by atoms with Crippen LogP contribution >= 0.6 is 15.9 Å². The Labute approximate surface area is 359 Å². The molecule has 0 atom stereocenters. The maximum atomic E-state index is 4.22. The molecular formula is C56H57BrN2. The topological polar surface area (TPSA) is 9.86 Å². The summed E-state index contributed by atoms with van der Waals surface area (Å²) in [6, 6.07) is 48.9. The molecule has 0 aliphatic heterocycles. The van der Waals surface area contributed by atoms with Crippen LogP contribution < -0.4 is 0 Å². The van der Waals surface area contributed by atoms with E-state index in [1.54, 1.807) is 0 Å². The van der Waals surface area contributed by atoms with Gasteiger partial charge in [0.2, 0.25) is 0 Å². The first-order valence-electron chi connectivity index (χ1n) is 21.2. The van der Waals surface area contributed by atoms with Crippen LogP contribution in [0.25, 0.3) is 76.9 Å². The number of halogens is 1. The van der Waals surface area contributed by atoms with E-state index in [1.807, 2.05) is 0 Å². The van der Waals surface area contributed by atoms with Gasteiger partial charge in [0.1, 0.15) is 0 Å². The Morgan fingerprint density at radius 1 is 0.339 bits per heavy atom. The molecule has 0 saturated heterocycles. The average Bonchev–Trinajstić information content (AvgIpc) is 3.67. The summed E-state index contributed by atoms with van der Waals surface area (Å²) in [7, 11) is 0. The molecule has 298 valence electrons. The maximum Gasteiger partial charge on any atom is 0.0625 e. The van der Waals surface area contributed by atoms with Crippen molar-refractivity contribution in [3.63, 3.8) is 0 Å². The van der Waals surface area contributed by atoms with Crippen LogP contribution in [0.4, 0.5) is 0 Å². The van der Waals surface area contributed by atoms with Crippen molar-refractivity contribution < 1.29 is 0 Å². The van der Waals surface area contributed by atoms with Crippen LogP contribution in [0.1, 0.15) is 105 Å². The molecular weight excluding hydrogens is 781 g/mol. The summed E-state index contributed by atoms with van der Waals surface area (Å²) in [5.41, 5.74) is 14.9. The largest absolute Gasteiger partial charge is 0.309 e. The van der Waals surface area contributed by atoms with Crippen LogP contribution in [-0.2, 0) is 21.7 Å². The van der Waals surface area contributed by atoms with E-state index < -0.39 is 0 Å². The van der Waals surface area contributed by atoms with Gasteiger partial charge in [-0.05, 0) is 137 Å². The molecule has 7 aromatic carbocycles. The van der Waals surface area contributed by atoms with Gasteiger partial charge in [0.15, 0.2) is 0 Å². The second-order valence-corrected chi connectivity index (χ2v) is 21.8. The summed E-state index contributed by atoms with van der Waals surface area (Å²) in [5, 5.41) is 7.61. The molecule has 0 fully saturated rings. The number of aromatic nitrogens is 2. The zero-order chi connectivity index (χ0) is 42.0. The van der Waals surface area contributed by atoms with E-state index in [4.69, 9.17) is 0 Å². The van der Waals surface area contributed by atoms with E-state index in [2.05, 4.69) is 236 Å². The summed E-state index contributed by atoms with van der Waals surface area (Å²) in [4.78, 5) is 0. The van der Waals surface area contributed by atoms with Crippen LogP contribution in [0.15, 0.2) is 132 Å². The Kier molecular flexibility index (Phi) is 8.97. The van der Waals surface area contributed by atoms with Crippen LogP contribution in [0.2, 0.25) is 0 Å². The van der Waals surface area contributed by atoms with Crippen LogP contribution in [0, 0.1) is 0 Å². The highest BCUT2D eigenvalue weighted by Gasteiger charge is 2.26. The fraction of sp³-hybridized carbons (Fsp3) is 0.286. The number of rotatable bonds is 3. The fourth-order valence-corrected chi connectivity index (χ4v) is 9.54. The first-order chi connectivity index (χ1) is 27.7. The Balaban J connectivity index is 1.44. The summed E-state index contributed by atoms with van der Waals surface area (Å²) < 4.78 is 6.08. The SMILES string of the molecule is CC(C)(C)c1ccc2c(c1)c1cc(C(C)(C)C)ccc1n2-c1cc(-n2c3ccc(C(C)(C)C)cc3c3cc(C(C)(C)C)ccc32)c(-c2cccc3ccccc23)cc1Br. The van der Waals surface area contributed by atoms with Crippen LogP contribution in [0.5, 0.6) is 0 Å². The van der Waals surface area contributed by atoms with Gasteiger partial charge in [0, 0.05) is 31.6 Å². The highest BCUT2D eigenvalue weighted by Crippen LogP contribution is 2.45. The van der Waals surface area contributed by atoms with E-state index in [9.17, 15) is 0 Å². The van der Waals surface area contributed by atoms with Gasteiger partial charge in [0.25, 0.3) is 0 Å². The van der Waals surface area contributed by atoms with Gasteiger partial charge in [-0.25, -0.2) is 0 Å². The molecule has 0 N–H and O–H groups in total. The minimum Gasteiger partial charge on any atom is -0.309 e. The molecule has 0 amide bonds. The number of hydrogen-bond donors (Lipinski definition) is 0. The third-order valence-electron chi connectivity index (χ3n) is 12.6. The highest BCUT2D eigenvalue weighted by atomic mass is 79.9. The summed E-state index contributed by atoms with van der Waals surface area (Å²) in [5.74, 6) is 0. The molecule has 2 heterocycles. The van der Waals surface area contributed by atoms with E-state index in [-0.39, 0.29) is 21.7 Å². The third-order valence-corrected chi connectivity index (χ3v) is 13.3. The smallest absolute Gasteiger partial charge is 0.0625 e. The van der Waals surface area contributed by atoms with Crippen molar-refractivity contribution in [1.82, 2.24) is 9.13 Å². The van der Waals surface area contributed by atoms with E-state index >= 15 is 0 Å². The minimum absolute atomic E-state index is 0.0133. The van der Waals surface area contributed by atoms with Crippen molar-refractivity contribution >= 4 is 70.3 Å². The normalized spacial score (nSPS) is 13.2. The highest BCUT2D eigenvalue weighted by molar-refractivity contribution is 9.10. The van der Waals surface area contributed by atoms with Crippen molar-refractivity contribution in [1.29, 1.82) is 0 Å².